The summed E-state index contributed by atoms with van der Waals surface area (Å²) in [5, 5.41) is 3.41. The van der Waals surface area contributed by atoms with Crippen LogP contribution >= 0.6 is 11.8 Å². The van der Waals surface area contributed by atoms with Gasteiger partial charge in [-0.3, -0.25) is 4.79 Å². The Bertz CT molecular complexity index is 977. The van der Waals surface area contributed by atoms with Crippen molar-refractivity contribution in [3.8, 4) is 5.75 Å². The first kappa shape index (κ1) is 25.3. The Morgan fingerprint density at radius 1 is 1.09 bits per heavy atom. The van der Waals surface area contributed by atoms with Gasteiger partial charge >= 0.3 is 5.97 Å². The van der Waals surface area contributed by atoms with E-state index < -0.39 is 5.60 Å². The van der Waals surface area contributed by atoms with Crippen LogP contribution < -0.4 is 10.1 Å². The highest BCUT2D eigenvalue weighted by Gasteiger charge is 2.35. The van der Waals surface area contributed by atoms with E-state index >= 15 is 0 Å². The Hall–Kier alpha value is -2.31. The maximum absolute atomic E-state index is 13.2. The van der Waals surface area contributed by atoms with Gasteiger partial charge in [0.1, 0.15) is 5.75 Å². The van der Waals surface area contributed by atoms with Gasteiger partial charge in [0.25, 0.3) is 0 Å². The molecule has 33 heavy (non-hydrogen) atoms. The average molecular weight is 470 g/mol. The van der Waals surface area contributed by atoms with Crippen LogP contribution in [0.15, 0.2) is 41.3 Å². The second-order valence-electron chi connectivity index (χ2n) is 9.21. The van der Waals surface area contributed by atoms with Crippen molar-refractivity contribution in [3.05, 3.63) is 58.7 Å². The number of thioether (sulfide) groups is 1. The lowest BCUT2D eigenvalue weighted by molar-refractivity contribution is -0.158. The molecule has 0 unspecified atom stereocenters. The zero-order valence-corrected chi connectivity index (χ0v) is 21.3. The molecule has 0 radical (unpaired) electrons. The lowest BCUT2D eigenvalue weighted by atomic mass is 9.84. The van der Waals surface area contributed by atoms with Gasteiger partial charge in [-0.15, -0.1) is 11.8 Å². The molecule has 1 saturated heterocycles. The van der Waals surface area contributed by atoms with Crippen LogP contribution in [0.3, 0.4) is 0 Å². The minimum Gasteiger partial charge on any atom is -0.476 e. The van der Waals surface area contributed by atoms with Crippen LogP contribution in [-0.4, -0.2) is 43.3 Å². The molecule has 0 spiro atoms. The third-order valence-electron chi connectivity index (χ3n) is 6.19. The van der Waals surface area contributed by atoms with Gasteiger partial charge in [-0.1, -0.05) is 24.3 Å². The minimum absolute atomic E-state index is 0.0376. The van der Waals surface area contributed by atoms with Gasteiger partial charge in [0.2, 0.25) is 0 Å². The molecule has 178 valence electrons. The number of benzene rings is 2. The molecular formula is C27H35NO4S. The molecule has 1 heterocycles. The van der Waals surface area contributed by atoms with Gasteiger partial charge < -0.3 is 14.8 Å². The summed E-state index contributed by atoms with van der Waals surface area (Å²) >= 11 is 1.68. The summed E-state index contributed by atoms with van der Waals surface area (Å²) in [4.78, 5) is 26.6. The molecule has 0 aliphatic carbocycles. The second-order valence-corrected chi connectivity index (χ2v) is 10.1. The Morgan fingerprint density at radius 2 is 1.73 bits per heavy atom. The molecule has 2 aromatic rings. The van der Waals surface area contributed by atoms with Crippen molar-refractivity contribution in [1.29, 1.82) is 0 Å². The van der Waals surface area contributed by atoms with E-state index in [1.807, 2.05) is 44.4 Å². The third kappa shape index (κ3) is 5.98. The van der Waals surface area contributed by atoms with Crippen LogP contribution in [0.2, 0.25) is 0 Å². The van der Waals surface area contributed by atoms with Crippen LogP contribution in [0.4, 0.5) is 0 Å². The standard InChI is InChI=1S/C27H35NO4S/c1-7-31-26(30)27(4,5)32-25-17(2)12-19(13-18(25)3)14-21-15-28-16-23(21)24(29)20-8-10-22(33-6)11-9-20/h8-13,21,23,28H,7,14-16H2,1-6H3/t21-,23-/m1/s1. The molecule has 0 bridgehead atoms. The van der Waals surface area contributed by atoms with Gasteiger partial charge in [-0.05, 0) is 88.6 Å². The van der Waals surface area contributed by atoms with Crippen LogP contribution in [0.25, 0.3) is 0 Å². The fraction of sp³-hybridized carbons (Fsp3) is 0.481. The fourth-order valence-corrected chi connectivity index (χ4v) is 4.86. The van der Waals surface area contributed by atoms with Crippen molar-refractivity contribution >= 4 is 23.5 Å². The first-order valence-electron chi connectivity index (χ1n) is 11.5. The summed E-state index contributed by atoms with van der Waals surface area (Å²) in [6.07, 6.45) is 2.85. The molecule has 0 aromatic heterocycles. The predicted octanol–water partition coefficient (Wildman–Crippen LogP) is 5.01. The van der Waals surface area contributed by atoms with Gasteiger partial charge in [-0.2, -0.15) is 0 Å². The van der Waals surface area contributed by atoms with Crippen LogP contribution in [0, 0.1) is 25.7 Å². The number of rotatable bonds is 9. The maximum atomic E-state index is 13.2. The van der Waals surface area contributed by atoms with Crippen molar-refractivity contribution in [2.75, 3.05) is 26.0 Å². The number of hydrogen-bond acceptors (Lipinski definition) is 6. The molecule has 5 nitrogen and oxygen atoms in total. The van der Waals surface area contributed by atoms with Crippen molar-refractivity contribution in [3.63, 3.8) is 0 Å². The quantitative estimate of drug-likeness (QED) is 0.317. The maximum Gasteiger partial charge on any atom is 0.349 e. The molecule has 1 N–H and O–H groups in total. The first-order chi connectivity index (χ1) is 15.7. The number of carbonyl (C=O) groups is 2. The van der Waals surface area contributed by atoms with Gasteiger partial charge in [0, 0.05) is 22.9 Å². The average Bonchev–Trinajstić information content (AvgIpc) is 3.24. The van der Waals surface area contributed by atoms with E-state index in [4.69, 9.17) is 9.47 Å². The molecule has 0 amide bonds. The van der Waals surface area contributed by atoms with E-state index in [2.05, 4.69) is 17.4 Å². The van der Waals surface area contributed by atoms with Crippen molar-refractivity contribution in [1.82, 2.24) is 5.32 Å². The molecule has 0 saturated carbocycles. The van der Waals surface area contributed by atoms with Crippen molar-refractivity contribution in [2.45, 2.75) is 51.5 Å². The summed E-state index contributed by atoms with van der Waals surface area (Å²) < 4.78 is 11.2. The molecule has 6 heteroatoms. The van der Waals surface area contributed by atoms with Crippen LogP contribution in [0.1, 0.15) is 47.8 Å². The highest BCUT2D eigenvalue weighted by atomic mass is 32.2. The van der Waals surface area contributed by atoms with E-state index in [1.165, 1.54) is 5.56 Å². The molecule has 2 atom stereocenters. The monoisotopic (exact) mass is 469 g/mol. The smallest absolute Gasteiger partial charge is 0.349 e. The number of ether oxygens (including phenoxy) is 2. The van der Waals surface area contributed by atoms with E-state index in [-0.39, 0.29) is 23.6 Å². The molecular weight excluding hydrogens is 434 g/mol. The molecule has 3 rings (SSSR count). The lowest BCUT2D eigenvalue weighted by Gasteiger charge is -2.27. The number of ketones is 1. The van der Waals surface area contributed by atoms with Gasteiger partial charge in [0.15, 0.2) is 11.4 Å². The number of nitrogens with one attached hydrogen (secondary N) is 1. The Kier molecular flexibility index (Phi) is 8.24. The van der Waals surface area contributed by atoms with E-state index in [1.54, 1.807) is 32.5 Å². The zero-order valence-electron chi connectivity index (χ0n) is 20.5. The summed E-state index contributed by atoms with van der Waals surface area (Å²) in [7, 11) is 0. The normalized spacial score (nSPS) is 18.2. The number of carbonyl (C=O) groups excluding carboxylic acids is 2. The summed E-state index contributed by atoms with van der Waals surface area (Å²) in [6, 6.07) is 12.1. The largest absolute Gasteiger partial charge is 0.476 e. The van der Waals surface area contributed by atoms with Crippen LogP contribution in [-0.2, 0) is 16.0 Å². The summed E-state index contributed by atoms with van der Waals surface area (Å²) in [5.74, 6) is 0.741. The van der Waals surface area contributed by atoms with Crippen LogP contribution in [0.5, 0.6) is 5.75 Å². The third-order valence-corrected chi connectivity index (χ3v) is 6.94. The second kappa shape index (κ2) is 10.7. The van der Waals surface area contributed by atoms with E-state index in [9.17, 15) is 9.59 Å². The number of hydrogen-bond donors (Lipinski definition) is 1. The lowest BCUT2D eigenvalue weighted by Crippen LogP contribution is -2.40. The van der Waals surface area contributed by atoms with E-state index in [0.29, 0.717) is 18.9 Å². The Labute approximate surface area is 201 Å². The van der Waals surface area contributed by atoms with Gasteiger partial charge in [0.05, 0.1) is 6.61 Å². The molecule has 2 aromatic carbocycles. The highest BCUT2D eigenvalue weighted by molar-refractivity contribution is 7.98. The topological polar surface area (TPSA) is 64.6 Å². The van der Waals surface area contributed by atoms with Gasteiger partial charge in [-0.25, -0.2) is 4.79 Å². The number of Topliss-reactive ketones (excluding diaryl/α,β-unsaturated/α-hetero) is 1. The molecule has 1 fully saturated rings. The number of aryl methyl sites for hydroxylation is 2. The minimum atomic E-state index is -1.06. The fourth-order valence-electron chi connectivity index (χ4n) is 4.45. The Morgan fingerprint density at radius 3 is 2.30 bits per heavy atom. The molecule has 1 aliphatic heterocycles. The first-order valence-corrected chi connectivity index (χ1v) is 12.7. The highest BCUT2D eigenvalue weighted by Crippen LogP contribution is 2.32. The SMILES string of the molecule is CCOC(=O)C(C)(C)Oc1c(C)cc(C[C@@H]2CNC[C@H]2C(=O)c2ccc(SC)cc2)cc1C. The number of esters is 1. The molecule has 1 aliphatic rings. The Balaban J connectivity index is 1.74. The summed E-state index contributed by atoms with van der Waals surface area (Å²) in [5.41, 5.74) is 2.85. The zero-order chi connectivity index (χ0) is 24.2. The van der Waals surface area contributed by atoms with E-state index in [0.717, 1.165) is 34.6 Å². The van der Waals surface area contributed by atoms with Crippen molar-refractivity contribution in [2.24, 2.45) is 11.8 Å². The summed E-state index contributed by atoms with van der Waals surface area (Å²) in [6.45, 7) is 11.1. The van der Waals surface area contributed by atoms with Crippen molar-refractivity contribution < 1.29 is 19.1 Å². The predicted molar refractivity (Wildman–Crippen MR) is 133 cm³/mol.